The van der Waals surface area contributed by atoms with E-state index in [4.69, 9.17) is 0 Å². The van der Waals surface area contributed by atoms with Crippen LogP contribution in [0.3, 0.4) is 0 Å². The van der Waals surface area contributed by atoms with E-state index in [-0.39, 0.29) is 5.82 Å². The third-order valence-electron chi connectivity index (χ3n) is 2.58. The molecule has 0 aliphatic rings. The number of halogens is 4. The topological polar surface area (TPSA) is 49.8 Å². The van der Waals surface area contributed by atoms with Crippen molar-refractivity contribution in [1.29, 1.82) is 0 Å². The van der Waals surface area contributed by atoms with Gasteiger partial charge in [-0.1, -0.05) is 6.92 Å². The van der Waals surface area contributed by atoms with Crippen molar-refractivity contribution in [3.63, 3.8) is 0 Å². The van der Waals surface area contributed by atoms with Crippen LogP contribution in [0.15, 0.2) is 22.9 Å². The Morgan fingerprint density at radius 1 is 1.10 bits per heavy atom. The quantitative estimate of drug-likeness (QED) is 0.837. The van der Waals surface area contributed by atoms with Crippen LogP contribution in [0.2, 0.25) is 0 Å². The molecule has 0 spiro atoms. The standard InChI is InChI=1S/C13H12BrF3N4/c1-2-3-18-12-10(14)13(20-6-19-12)21-11-8(16)4-7(15)5-9(11)17/h4-6H,2-3H2,1H3,(H2,18,19,20,21). The van der Waals surface area contributed by atoms with Gasteiger partial charge in [-0.3, -0.25) is 0 Å². The normalized spacial score (nSPS) is 10.5. The molecule has 8 heteroatoms. The van der Waals surface area contributed by atoms with Crippen LogP contribution < -0.4 is 10.6 Å². The molecular formula is C13H12BrF3N4. The fourth-order valence-corrected chi connectivity index (χ4v) is 2.05. The van der Waals surface area contributed by atoms with E-state index < -0.39 is 23.1 Å². The van der Waals surface area contributed by atoms with Gasteiger partial charge in [0, 0.05) is 18.7 Å². The maximum atomic E-state index is 13.6. The van der Waals surface area contributed by atoms with Gasteiger partial charge in [-0.15, -0.1) is 0 Å². The van der Waals surface area contributed by atoms with E-state index in [1.54, 1.807) is 0 Å². The van der Waals surface area contributed by atoms with Crippen LogP contribution in [0.4, 0.5) is 30.5 Å². The van der Waals surface area contributed by atoms with Crippen LogP contribution in [-0.2, 0) is 0 Å². The lowest BCUT2D eigenvalue weighted by Gasteiger charge is -2.12. The van der Waals surface area contributed by atoms with Gasteiger partial charge in [-0.2, -0.15) is 0 Å². The second-order valence-electron chi connectivity index (χ2n) is 4.18. The molecule has 0 fully saturated rings. The lowest BCUT2D eigenvalue weighted by atomic mass is 10.2. The third kappa shape index (κ3) is 3.63. The maximum Gasteiger partial charge on any atom is 0.152 e. The number of anilines is 3. The number of hydrogen-bond donors (Lipinski definition) is 2. The van der Waals surface area contributed by atoms with E-state index in [1.165, 1.54) is 6.33 Å². The molecule has 0 saturated carbocycles. The van der Waals surface area contributed by atoms with Crippen LogP contribution in [0.25, 0.3) is 0 Å². The average Bonchev–Trinajstić information content (AvgIpc) is 2.43. The SMILES string of the molecule is CCCNc1ncnc(Nc2c(F)cc(F)cc2F)c1Br. The van der Waals surface area contributed by atoms with Crippen LogP contribution in [-0.4, -0.2) is 16.5 Å². The highest BCUT2D eigenvalue weighted by Gasteiger charge is 2.15. The van der Waals surface area contributed by atoms with Gasteiger partial charge in [0.2, 0.25) is 0 Å². The summed E-state index contributed by atoms with van der Waals surface area (Å²) in [4.78, 5) is 7.93. The summed E-state index contributed by atoms with van der Waals surface area (Å²) in [7, 11) is 0. The van der Waals surface area contributed by atoms with E-state index in [2.05, 4.69) is 36.5 Å². The van der Waals surface area contributed by atoms with Gasteiger partial charge in [-0.25, -0.2) is 23.1 Å². The predicted octanol–water partition coefficient (Wildman–Crippen LogP) is 4.22. The molecule has 0 aliphatic heterocycles. The van der Waals surface area contributed by atoms with Crippen molar-refractivity contribution in [2.45, 2.75) is 13.3 Å². The van der Waals surface area contributed by atoms with Gasteiger partial charge >= 0.3 is 0 Å². The fraction of sp³-hybridized carbons (Fsp3) is 0.231. The van der Waals surface area contributed by atoms with Crippen molar-refractivity contribution >= 4 is 33.3 Å². The number of benzene rings is 1. The summed E-state index contributed by atoms with van der Waals surface area (Å²) in [5, 5.41) is 5.54. The molecular weight excluding hydrogens is 349 g/mol. The highest BCUT2D eigenvalue weighted by atomic mass is 79.9. The van der Waals surface area contributed by atoms with Crippen molar-refractivity contribution in [2.75, 3.05) is 17.2 Å². The molecule has 0 amide bonds. The maximum absolute atomic E-state index is 13.6. The van der Waals surface area contributed by atoms with Crippen LogP contribution in [0.5, 0.6) is 0 Å². The number of nitrogens with zero attached hydrogens (tertiary/aromatic N) is 2. The zero-order valence-electron chi connectivity index (χ0n) is 11.1. The predicted molar refractivity (Wildman–Crippen MR) is 78.1 cm³/mol. The molecule has 0 unspecified atom stereocenters. The summed E-state index contributed by atoms with van der Waals surface area (Å²) in [6, 6.07) is 1.19. The van der Waals surface area contributed by atoms with Gasteiger partial charge in [-0.05, 0) is 22.4 Å². The molecule has 4 nitrogen and oxygen atoms in total. The first-order chi connectivity index (χ1) is 10.0. The molecule has 1 aromatic carbocycles. The van der Waals surface area contributed by atoms with Gasteiger partial charge in [0.25, 0.3) is 0 Å². The van der Waals surface area contributed by atoms with Crippen molar-refractivity contribution < 1.29 is 13.2 Å². The average molecular weight is 361 g/mol. The number of rotatable bonds is 5. The molecule has 1 aromatic heterocycles. The smallest absolute Gasteiger partial charge is 0.152 e. The first-order valence-electron chi connectivity index (χ1n) is 6.18. The zero-order chi connectivity index (χ0) is 15.4. The van der Waals surface area contributed by atoms with E-state index >= 15 is 0 Å². The van der Waals surface area contributed by atoms with Crippen molar-refractivity contribution in [3.8, 4) is 0 Å². The van der Waals surface area contributed by atoms with Crippen molar-refractivity contribution in [1.82, 2.24) is 9.97 Å². The molecule has 0 aliphatic carbocycles. The Morgan fingerprint density at radius 2 is 1.71 bits per heavy atom. The second kappa shape index (κ2) is 6.75. The molecule has 2 rings (SSSR count). The summed E-state index contributed by atoms with van der Waals surface area (Å²) in [5.41, 5.74) is -0.475. The Kier molecular flexibility index (Phi) is 5.00. The van der Waals surface area contributed by atoms with Gasteiger partial charge in [0.1, 0.15) is 33.9 Å². The summed E-state index contributed by atoms with van der Waals surface area (Å²) in [6.45, 7) is 2.68. The van der Waals surface area contributed by atoms with Gasteiger partial charge in [0.05, 0.1) is 0 Å². The Balaban J connectivity index is 2.32. The largest absolute Gasteiger partial charge is 0.369 e. The molecule has 1 heterocycles. The van der Waals surface area contributed by atoms with E-state index in [0.717, 1.165) is 6.42 Å². The van der Waals surface area contributed by atoms with Crippen LogP contribution in [0.1, 0.15) is 13.3 Å². The van der Waals surface area contributed by atoms with Crippen LogP contribution in [0, 0.1) is 17.5 Å². The van der Waals surface area contributed by atoms with Crippen molar-refractivity contribution in [2.24, 2.45) is 0 Å². The van der Waals surface area contributed by atoms with Gasteiger partial charge in [0.15, 0.2) is 11.6 Å². The van der Waals surface area contributed by atoms with E-state index in [9.17, 15) is 13.2 Å². The molecule has 0 bridgehead atoms. The molecule has 2 aromatic rings. The lowest BCUT2D eigenvalue weighted by molar-refractivity contribution is 0.548. The van der Waals surface area contributed by atoms with Gasteiger partial charge < -0.3 is 10.6 Å². The minimum Gasteiger partial charge on any atom is -0.369 e. The fourth-order valence-electron chi connectivity index (χ4n) is 1.60. The minimum atomic E-state index is -1.04. The summed E-state index contributed by atoms with van der Waals surface area (Å²) in [5.74, 6) is -2.39. The first-order valence-corrected chi connectivity index (χ1v) is 6.98. The molecule has 0 atom stereocenters. The summed E-state index contributed by atoms with van der Waals surface area (Å²) in [6.07, 6.45) is 2.14. The Labute approximate surface area is 127 Å². The summed E-state index contributed by atoms with van der Waals surface area (Å²) < 4.78 is 40.5. The first kappa shape index (κ1) is 15.6. The van der Waals surface area contributed by atoms with E-state index in [0.29, 0.717) is 29.0 Å². The number of aromatic nitrogens is 2. The van der Waals surface area contributed by atoms with Crippen molar-refractivity contribution in [3.05, 3.63) is 40.4 Å². The molecule has 0 radical (unpaired) electrons. The second-order valence-corrected chi connectivity index (χ2v) is 4.97. The highest BCUT2D eigenvalue weighted by molar-refractivity contribution is 9.10. The molecule has 0 saturated heterocycles. The monoisotopic (exact) mass is 360 g/mol. The molecule has 112 valence electrons. The van der Waals surface area contributed by atoms with Crippen LogP contribution >= 0.6 is 15.9 Å². The van der Waals surface area contributed by atoms with E-state index in [1.807, 2.05) is 6.92 Å². The Morgan fingerprint density at radius 3 is 2.33 bits per heavy atom. The number of hydrogen-bond acceptors (Lipinski definition) is 4. The Bertz CT molecular complexity index is 628. The summed E-state index contributed by atoms with van der Waals surface area (Å²) >= 11 is 3.26. The zero-order valence-corrected chi connectivity index (χ0v) is 12.6. The minimum absolute atomic E-state index is 0.174. The lowest BCUT2D eigenvalue weighted by Crippen LogP contribution is -2.06. The number of nitrogens with one attached hydrogen (secondary N) is 2. The third-order valence-corrected chi connectivity index (χ3v) is 3.33. The Hall–Kier alpha value is -1.83. The molecule has 2 N–H and O–H groups in total. The highest BCUT2D eigenvalue weighted by Crippen LogP contribution is 2.31. The molecule has 21 heavy (non-hydrogen) atoms.